The van der Waals surface area contributed by atoms with Crippen LogP contribution in [0, 0.1) is 20.8 Å². The van der Waals surface area contributed by atoms with Crippen LogP contribution in [0.25, 0.3) is 11.0 Å². The number of halogens is 2. The molecule has 1 atom stereocenters. The molecule has 0 saturated heterocycles. The van der Waals surface area contributed by atoms with Crippen molar-refractivity contribution in [1.82, 2.24) is 4.98 Å². The molecule has 160 valence electrons. The zero-order valence-corrected chi connectivity index (χ0v) is 19.1. The highest BCUT2D eigenvalue weighted by molar-refractivity contribution is 6.42. The summed E-state index contributed by atoms with van der Waals surface area (Å²) in [6.07, 6.45) is 1.68. The van der Waals surface area contributed by atoms with Gasteiger partial charge >= 0.3 is 0 Å². The molecule has 4 aromatic rings. The fourth-order valence-electron chi connectivity index (χ4n) is 4.06. The van der Waals surface area contributed by atoms with Crippen LogP contribution in [0.1, 0.15) is 44.4 Å². The van der Waals surface area contributed by atoms with Crippen LogP contribution in [0.5, 0.6) is 0 Å². The van der Waals surface area contributed by atoms with E-state index in [1.165, 1.54) is 4.90 Å². The topological polar surface area (TPSA) is 63.4 Å². The second-order valence-corrected chi connectivity index (χ2v) is 8.87. The molecule has 3 heterocycles. The Kier molecular flexibility index (Phi) is 4.84. The highest BCUT2D eigenvalue weighted by Crippen LogP contribution is 2.42. The molecule has 0 bridgehead atoms. The maximum Gasteiger partial charge on any atom is 0.296 e. The van der Waals surface area contributed by atoms with Crippen molar-refractivity contribution in [2.24, 2.45) is 0 Å². The van der Waals surface area contributed by atoms with Gasteiger partial charge in [-0.05, 0) is 73.4 Å². The van der Waals surface area contributed by atoms with Crippen LogP contribution < -0.4 is 10.3 Å². The summed E-state index contributed by atoms with van der Waals surface area (Å²) in [5.74, 6) is 0.00717. The van der Waals surface area contributed by atoms with Crippen molar-refractivity contribution in [2.45, 2.75) is 26.8 Å². The summed E-state index contributed by atoms with van der Waals surface area (Å²) >= 11 is 12.4. The normalized spacial score (nSPS) is 15.5. The Balaban J connectivity index is 1.83. The molecule has 1 amide bonds. The number of nitrogens with zero attached hydrogens (tertiary/aromatic N) is 2. The van der Waals surface area contributed by atoms with Gasteiger partial charge in [0.25, 0.3) is 5.91 Å². The Morgan fingerprint density at radius 3 is 2.38 bits per heavy atom. The molecule has 0 spiro atoms. The summed E-state index contributed by atoms with van der Waals surface area (Å²) < 4.78 is 6.04. The number of pyridine rings is 1. The molecular formula is C25H18Cl2N2O3. The summed E-state index contributed by atoms with van der Waals surface area (Å²) in [6, 6.07) is 11.5. The molecule has 0 radical (unpaired) electrons. The van der Waals surface area contributed by atoms with Crippen molar-refractivity contribution in [3.8, 4) is 0 Å². The molecule has 0 saturated carbocycles. The van der Waals surface area contributed by atoms with Gasteiger partial charge in [0.05, 0.1) is 27.0 Å². The van der Waals surface area contributed by atoms with Crippen LogP contribution in [0.15, 0.2) is 57.9 Å². The summed E-state index contributed by atoms with van der Waals surface area (Å²) in [5, 5.41) is 1.15. The highest BCUT2D eigenvalue weighted by atomic mass is 35.5. The largest absolute Gasteiger partial charge is 0.450 e. The fraction of sp³-hybridized carbons (Fsp3) is 0.160. The van der Waals surface area contributed by atoms with Crippen LogP contribution in [0.4, 0.5) is 5.82 Å². The van der Waals surface area contributed by atoms with E-state index in [4.69, 9.17) is 27.6 Å². The molecule has 2 aromatic heterocycles. The third-order valence-corrected chi connectivity index (χ3v) is 6.63. The minimum absolute atomic E-state index is 0.0178. The monoisotopic (exact) mass is 464 g/mol. The van der Waals surface area contributed by atoms with Crippen LogP contribution in [-0.2, 0) is 0 Å². The van der Waals surface area contributed by atoms with E-state index in [9.17, 15) is 9.59 Å². The number of benzene rings is 2. The molecular weight excluding hydrogens is 447 g/mol. The summed E-state index contributed by atoms with van der Waals surface area (Å²) in [4.78, 5) is 33.2. The number of rotatable bonds is 2. The van der Waals surface area contributed by atoms with Gasteiger partial charge in [-0.2, -0.15) is 0 Å². The minimum atomic E-state index is -0.746. The number of aryl methyl sites for hydroxylation is 3. The van der Waals surface area contributed by atoms with E-state index in [0.717, 1.165) is 16.7 Å². The molecule has 1 aliphatic rings. The Labute approximate surface area is 194 Å². The van der Waals surface area contributed by atoms with E-state index >= 15 is 0 Å². The van der Waals surface area contributed by atoms with Gasteiger partial charge in [0.15, 0.2) is 5.43 Å². The first kappa shape index (κ1) is 20.7. The van der Waals surface area contributed by atoms with Crippen LogP contribution >= 0.6 is 23.2 Å². The number of carbonyl (C=O) groups excluding carboxylic acids is 1. The third kappa shape index (κ3) is 3.12. The smallest absolute Gasteiger partial charge is 0.296 e. The second-order valence-electron chi connectivity index (χ2n) is 8.05. The van der Waals surface area contributed by atoms with E-state index in [0.29, 0.717) is 32.4 Å². The summed E-state index contributed by atoms with van der Waals surface area (Å²) in [7, 11) is 0. The molecule has 0 fully saturated rings. The van der Waals surface area contributed by atoms with Crippen molar-refractivity contribution >= 4 is 45.9 Å². The molecule has 32 heavy (non-hydrogen) atoms. The molecule has 1 unspecified atom stereocenters. The molecule has 0 aliphatic carbocycles. The van der Waals surface area contributed by atoms with Gasteiger partial charge in [-0.1, -0.05) is 35.3 Å². The predicted octanol–water partition coefficient (Wildman–Crippen LogP) is 6.17. The fourth-order valence-corrected chi connectivity index (χ4v) is 4.37. The highest BCUT2D eigenvalue weighted by Gasteiger charge is 2.44. The van der Waals surface area contributed by atoms with E-state index in [2.05, 4.69) is 4.98 Å². The Hall–Kier alpha value is -3.15. The maximum absolute atomic E-state index is 13.7. The predicted molar refractivity (Wildman–Crippen MR) is 126 cm³/mol. The number of amides is 1. The van der Waals surface area contributed by atoms with Crippen LogP contribution in [0.2, 0.25) is 10.0 Å². The lowest BCUT2D eigenvalue weighted by atomic mass is 9.97. The zero-order chi connectivity index (χ0) is 22.7. The van der Waals surface area contributed by atoms with E-state index in [1.807, 2.05) is 26.8 Å². The molecule has 5 nitrogen and oxygen atoms in total. The van der Waals surface area contributed by atoms with Gasteiger partial charge in [0, 0.05) is 6.20 Å². The van der Waals surface area contributed by atoms with Crippen LogP contribution in [-0.4, -0.2) is 10.9 Å². The number of anilines is 1. The first-order valence-corrected chi connectivity index (χ1v) is 10.8. The lowest BCUT2D eigenvalue weighted by Crippen LogP contribution is -2.30. The van der Waals surface area contributed by atoms with E-state index in [-0.39, 0.29) is 16.8 Å². The van der Waals surface area contributed by atoms with Gasteiger partial charge < -0.3 is 4.42 Å². The van der Waals surface area contributed by atoms with Gasteiger partial charge in [-0.15, -0.1) is 0 Å². The zero-order valence-electron chi connectivity index (χ0n) is 17.6. The summed E-state index contributed by atoms with van der Waals surface area (Å²) in [5.41, 5.74) is 3.95. The second kappa shape index (κ2) is 7.47. The lowest BCUT2D eigenvalue weighted by Gasteiger charge is -2.24. The van der Waals surface area contributed by atoms with Crippen molar-refractivity contribution in [3.63, 3.8) is 0 Å². The minimum Gasteiger partial charge on any atom is -0.450 e. The first-order valence-electron chi connectivity index (χ1n) is 10.1. The first-order chi connectivity index (χ1) is 15.3. The van der Waals surface area contributed by atoms with Gasteiger partial charge in [-0.25, -0.2) is 4.98 Å². The Morgan fingerprint density at radius 2 is 1.69 bits per heavy atom. The molecule has 0 N–H and O–H groups in total. The standard InChI is InChI=1S/C25H18Cl2N2O3/c1-12-4-7-20(28-11-12)29-22(15-5-6-17(26)18(27)10-15)21-23(30)16-8-13(2)14(3)9-19(16)32-24(21)25(29)31/h4-11,22H,1-3H3. The van der Waals surface area contributed by atoms with Crippen molar-refractivity contribution < 1.29 is 9.21 Å². The molecule has 7 heteroatoms. The maximum atomic E-state index is 13.7. The van der Waals surface area contributed by atoms with Gasteiger partial charge in [0.1, 0.15) is 11.4 Å². The number of aromatic nitrogens is 1. The summed E-state index contributed by atoms with van der Waals surface area (Å²) in [6.45, 7) is 5.78. The van der Waals surface area contributed by atoms with Crippen LogP contribution in [0.3, 0.4) is 0 Å². The van der Waals surface area contributed by atoms with E-state index < -0.39 is 11.9 Å². The SMILES string of the molecule is Cc1ccc(N2C(=O)c3oc4cc(C)c(C)cc4c(=O)c3C2c2ccc(Cl)c(Cl)c2)nc1. The quantitative estimate of drug-likeness (QED) is 0.355. The van der Waals surface area contributed by atoms with Crippen molar-refractivity contribution in [2.75, 3.05) is 4.90 Å². The number of hydrogen-bond acceptors (Lipinski definition) is 4. The Bertz CT molecular complexity index is 1480. The molecule has 5 rings (SSSR count). The number of hydrogen-bond donors (Lipinski definition) is 0. The molecule has 2 aromatic carbocycles. The Morgan fingerprint density at radius 1 is 0.938 bits per heavy atom. The van der Waals surface area contributed by atoms with Crippen molar-refractivity contribution in [1.29, 1.82) is 0 Å². The number of fused-ring (bicyclic) bond motifs is 2. The number of carbonyl (C=O) groups is 1. The average molecular weight is 465 g/mol. The lowest BCUT2D eigenvalue weighted by molar-refractivity contribution is 0.0970. The third-order valence-electron chi connectivity index (χ3n) is 5.89. The molecule has 1 aliphatic heterocycles. The average Bonchev–Trinajstić information content (AvgIpc) is 3.05. The van der Waals surface area contributed by atoms with Gasteiger partial charge in [-0.3, -0.25) is 14.5 Å². The van der Waals surface area contributed by atoms with E-state index in [1.54, 1.807) is 42.6 Å². The van der Waals surface area contributed by atoms with Gasteiger partial charge in [0.2, 0.25) is 5.76 Å². The van der Waals surface area contributed by atoms with Crippen molar-refractivity contribution in [3.05, 3.63) is 103 Å².